The molecular formula is C13H17FO2. The molecular weight excluding hydrogens is 207 g/mol. The van der Waals surface area contributed by atoms with Crippen molar-refractivity contribution in [3.05, 3.63) is 29.1 Å². The molecule has 1 unspecified atom stereocenters. The maximum absolute atomic E-state index is 13.5. The van der Waals surface area contributed by atoms with Gasteiger partial charge in [-0.25, -0.2) is 4.39 Å². The molecule has 0 radical (unpaired) electrons. The fourth-order valence-electron chi connectivity index (χ4n) is 1.72. The molecule has 1 rings (SSSR count). The number of hydrogen-bond donors (Lipinski definition) is 0. The van der Waals surface area contributed by atoms with E-state index in [1.165, 1.54) is 13.2 Å². The molecule has 2 nitrogen and oxygen atoms in total. The summed E-state index contributed by atoms with van der Waals surface area (Å²) in [7, 11) is 1.51. The number of ether oxygens (including phenoxy) is 1. The maximum atomic E-state index is 13.5. The maximum Gasteiger partial charge on any atom is 0.130 e. The van der Waals surface area contributed by atoms with E-state index in [0.29, 0.717) is 24.2 Å². The van der Waals surface area contributed by atoms with Gasteiger partial charge in [0.1, 0.15) is 17.9 Å². The van der Waals surface area contributed by atoms with Gasteiger partial charge in [0.2, 0.25) is 0 Å². The predicted octanol–water partition coefficient (Wildman–Crippen LogP) is 3.09. The Hall–Kier alpha value is -1.38. The van der Waals surface area contributed by atoms with Crippen LogP contribution in [0.1, 0.15) is 37.3 Å². The molecule has 1 aromatic rings. The standard InChI is InChI=1S/C13H17FO2/c1-4-10-7-11(9(2)5-6-15)13(16-3)8-12(10)14/h6-9H,4-5H2,1-3H3. The summed E-state index contributed by atoms with van der Waals surface area (Å²) >= 11 is 0. The van der Waals surface area contributed by atoms with E-state index < -0.39 is 0 Å². The van der Waals surface area contributed by atoms with Gasteiger partial charge in [0, 0.05) is 12.5 Å². The van der Waals surface area contributed by atoms with Gasteiger partial charge in [0.15, 0.2) is 0 Å². The molecule has 0 fully saturated rings. The number of carbonyl (C=O) groups excluding carboxylic acids is 1. The van der Waals surface area contributed by atoms with Gasteiger partial charge in [0.25, 0.3) is 0 Å². The van der Waals surface area contributed by atoms with Crippen LogP contribution in [0.3, 0.4) is 0 Å². The van der Waals surface area contributed by atoms with Gasteiger partial charge in [-0.3, -0.25) is 0 Å². The minimum atomic E-state index is -0.249. The first kappa shape index (κ1) is 12.7. The average molecular weight is 224 g/mol. The zero-order chi connectivity index (χ0) is 12.1. The lowest BCUT2D eigenvalue weighted by atomic mass is 9.94. The van der Waals surface area contributed by atoms with Crippen molar-refractivity contribution in [1.82, 2.24) is 0 Å². The van der Waals surface area contributed by atoms with Gasteiger partial charge in [-0.2, -0.15) is 0 Å². The number of hydrogen-bond acceptors (Lipinski definition) is 2. The van der Waals surface area contributed by atoms with Crippen molar-refractivity contribution in [2.24, 2.45) is 0 Å². The second kappa shape index (κ2) is 5.64. The second-order valence-electron chi connectivity index (χ2n) is 3.84. The highest BCUT2D eigenvalue weighted by atomic mass is 19.1. The Labute approximate surface area is 95.4 Å². The lowest BCUT2D eigenvalue weighted by molar-refractivity contribution is -0.108. The van der Waals surface area contributed by atoms with Crippen molar-refractivity contribution >= 4 is 6.29 Å². The molecule has 88 valence electrons. The highest BCUT2D eigenvalue weighted by Gasteiger charge is 2.14. The summed E-state index contributed by atoms with van der Waals surface area (Å²) in [4.78, 5) is 10.5. The molecule has 1 atom stereocenters. The number of halogens is 1. The van der Waals surface area contributed by atoms with Gasteiger partial charge in [-0.1, -0.05) is 13.8 Å². The van der Waals surface area contributed by atoms with Crippen LogP contribution in [0.25, 0.3) is 0 Å². The molecule has 0 saturated heterocycles. The summed E-state index contributed by atoms with van der Waals surface area (Å²) in [6.45, 7) is 3.84. The summed E-state index contributed by atoms with van der Waals surface area (Å²) in [5.41, 5.74) is 1.56. The average Bonchev–Trinajstić information content (AvgIpc) is 2.28. The summed E-state index contributed by atoms with van der Waals surface area (Å²) in [5.74, 6) is 0.323. The zero-order valence-electron chi connectivity index (χ0n) is 9.92. The quantitative estimate of drug-likeness (QED) is 0.718. The fraction of sp³-hybridized carbons (Fsp3) is 0.462. The van der Waals surface area contributed by atoms with Crippen molar-refractivity contribution < 1.29 is 13.9 Å². The normalized spacial score (nSPS) is 12.2. The Balaban J connectivity index is 3.18. The van der Waals surface area contributed by atoms with E-state index in [4.69, 9.17) is 4.74 Å². The Kier molecular flexibility index (Phi) is 4.47. The van der Waals surface area contributed by atoms with Crippen LogP contribution in [0.4, 0.5) is 4.39 Å². The van der Waals surface area contributed by atoms with Gasteiger partial charge in [0.05, 0.1) is 7.11 Å². The van der Waals surface area contributed by atoms with E-state index in [9.17, 15) is 9.18 Å². The first-order chi connectivity index (χ1) is 7.63. The van der Waals surface area contributed by atoms with Crippen LogP contribution < -0.4 is 4.74 Å². The number of carbonyl (C=O) groups is 1. The predicted molar refractivity (Wildman–Crippen MR) is 61.4 cm³/mol. The molecule has 0 bridgehead atoms. The van der Waals surface area contributed by atoms with E-state index in [1.807, 2.05) is 13.8 Å². The molecule has 0 heterocycles. The SMILES string of the molecule is CCc1cc(C(C)CC=O)c(OC)cc1F. The van der Waals surface area contributed by atoms with Gasteiger partial charge in [-0.05, 0) is 29.5 Å². The van der Waals surface area contributed by atoms with Crippen LogP contribution in [0, 0.1) is 5.82 Å². The molecule has 1 aromatic carbocycles. The van der Waals surface area contributed by atoms with Crippen molar-refractivity contribution in [1.29, 1.82) is 0 Å². The van der Waals surface area contributed by atoms with Gasteiger partial charge in [-0.15, -0.1) is 0 Å². The number of aryl methyl sites for hydroxylation is 1. The molecule has 0 N–H and O–H groups in total. The topological polar surface area (TPSA) is 26.3 Å². The minimum Gasteiger partial charge on any atom is -0.496 e. The molecule has 0 aliphatic carbocycles. The highest BCUT2D eigenvalue weighted by Crippen LogP contribution is 2.31. The Morgan fingerprint density at radius 2 is 2.19 bits per heavy atom. The van der Waals surface area contributed by atoms with E-state index in [2.05, 4.69) is 0 Å². The molecule has 0 aliphatic heterocycles. The van der Waals surface area contributed by atoms with Crippen LogP contribution in [0.5, 0.6) is 5.75 Å². The number of methoxy groups -OCH3 is 1. The van der Waals surface area contributed by atoms with Crippen molar-refractivity contribution in [3.8, 4) is 5.75 Å². The zero-order valence-corrected chi connectivity index (χ0v) is 9.92. The fourth-order valence-corrected chi connectivity index (χ4v) is 1.72. The van der Waals surface area contributed by atoms with Crippen LogP contribution in [0.2, 0.25) is 0 Å². The molecule has 0 saturated carbocycles. The Morgan fingerprint density at radius 1 is 1.50 bits per heavy atom. The summed E-state index contributed by atoms with van der Waals surface area (Å²) in [5, 5.41) is 0. The lowest BCUT2D eigenvalue weighted by Crippen LogP contribution is -2.01. The third-order valence-electron chi connectivity index (χ3n) is 2.76. The largest absolute Gasteiger partial charge is 0.496 e. The summed E-state index contributed by atoms with van der Waals surface area (Å²) in [6.07, 6.45) is 1.93. The molecule has 0 aliphatic rings. The molecule has 0 amide bonds. The van der Waals surface area contributed by atoms with Crippen molar-refractivity contribution in [2.75, 3.05) is 7.11 Å². The Morgan fingerprint density at radius 3 is 2.69 bits per heavy atom. The van der Waals surface area contributed by atoms with Gasteiger partial charge >= 0.3 is 0 Å². The van der Waals surface area contributed by atoms with E-state index >= 15 is 0 Å². The monoisotopic (exact) mass is 224 g/mol. The van der Waals surface area contributed by atoms with Crippen molar-refractivity contribution in [2.45, 2.75) is 32.6 Å². The summed E-state index contributed by atoms with van der Waals surface area (Å²) in [6, 6.07) is 3.19. The third-order valence-corrected chi connectivity index (χ3v) is 2.76. The molecule has 0 spiro atoms. The minimum absolute atomic E-state index is 0.0540. The van der Waals surface area contributed by atoms with E-state index in [1.54, 1.807) is 6.07 Å². The first-order valence-electron chi connectivity index (χ1n) is 5.43. The first-order valence-corrected chi connectivity index (χ1v) is 5.43. The van der Waals surface area contributed by atoms with Crippen LogP contribution >= 0.6 is 0 Å². The molecule has 16 heavy (non-hydrogen) atoms. The number of rotatable bonds is 5. The lowest BCUT2D eigenvalue weighted by Gasteiger charge is -2.15. The van der Waals surface area contributed by atoms with Crippen molar-refractivity contribution in [3.63, 3.8) is 0 Å². The van der Waals surface area contributed by atoms with E-state index in [-0.39, 0.29) is 11.7 Å². The van der Waals surface area contributed by atoms with Crippen LogP contribution in [0.15, 0.2) is 12.1 Å². The highest BCUT2D eigenvalue weighted by molar-refractivity contribution is 5.53. The molecule has 0 aromatic heterocycles. The number of benzene rings is 1. The Bertz CT molecular complexity index is 374. The van der Waals surface area contributed by atoms with E-state index in [0.717, 1.165) is 11.8 Å². The van der Waals surface area contributed by atoms with Crippen LogP contribution in [-0.2, 0) is 11.2 Å². The third kappa shape index (κ3) is 2.60. The molecule has 3 heteroatoms. The van der Waals surface area contributed by atoms with Gasteiger partial charge < -0.3 is 9.53 Å². The second-order valence-corrected chi connectivity index (χ2v) is 3.84. The summed E-state index contributed by atoms with van der Waals surface area (Å²) < 4.78 is 18.7. The smallest absolute Gasteiger partial charge is 0.130 e. The number of aldehydes is 1. The van der Waals surface area contributed by atoms with Crippen LogP contribution in [-0.4, -0.2) is 13.4 Å².